The van der Waals surface area contributed by atoms with E-state index in [1.54, 1.807) is 28.8 Å². The highest BCUT2D eigenvalue weighted by Gasteiger charge is 2.34. The van der Waals surface area contributed by atoms with E-state index in [1.165, 1.54) is 12.1 Å². The van der Waals surface area contributed by atoms with Gasteiger partial charge < -0.3 is 0 Å². The Balaban J connectivity index is 1.98. The number of benzene rings is 2. The third kappa shape index (κ3) is 2.60. The van der Waals surface area contributed by atoms with Crippen LogP contribution in [0.1, 0.15) is 10.9 Å². The second-order valence-electron chi connectivity index (χ2n) is 4.46. The quantitative estimate of drug-likeness (QED) is 0.800. The minimum atomic E-state index is -0.332. The third-order valence-corrected chi connectivity index (χ3v) is 4.85. The molecule has 0 aromatic heterocycles. The van der Waals surface area contributed by atoms with Gasteiger partial charge in [-0.05, 0) is 35.9 Å². The third-order valence-electron chi connectivity index (χ3n) is 3.11. The molecule has 1 heterocycles. The lowest BCUT2D eigenvalue weighted by atomic mass is 10.2. The van der Waals surface area contributed by atoms with Crippen molar-refractivity contribution in [3.05, 3.63) is 64.4 Å². The van der Waals surface area contributed by atoms with E-state index in [0.717, 1.165) is 10.0 Å². The van der Waals surface area contributed by atoms with Crippen LogP contribution >= 0.6 is 27.7 Å². The van der Waals surface area contributed by atoms with E-state index >= 15 is 0 Å². The summed E-state index contributed by atoms with van der Waals surface area (Å²) in [5.41, 5.74) is 1.64. The van der Waals surface area contributed by atoms with Gasteiger partial charge in [-0.1, -0.05) is 34.1 Å². The van der Waals surface area contributed by atoms with Crippen molar-refractivity contribution in [2.45, 2.75) is 5.37 Å². The smallest absolute Gasteiger partial charge is 0.238 e. The molecular formula is C15H11BrFNOS. The number of halogens is 2. The zero-order valence-corrected chi connectivity index (χ0v) is 12.8. The molecule has 102 valence electrons. The fraction of sp³-hybridized carbons (Fsp3) is 0.133. The summed E-state index contributed by atoms with van der Waals surface area (Å²) in [5.74, 6) is 0.0901. The van der Waals surface area contributed by atoms with E-state index in [1.807, 2.05) is 24.3 Å². The number of carbonyl (C=O) groups is 1. The number of hydrogen-bond acceptors (Lipinski definition) is 2. The molecule has 0 bridgehead atoms. The fourth-order valence-corrected chi connectivity index (χ4v) is 3.64. The maximum Gasteiger partial charge on any atom is 0.238 e. The normalized spacial score (nSPS) is 18.6. The summed E-state index contributed by atoms with van der Waals surface area (Å²) in [5, 5.41) is -0.0996. The maximum absolute atomic E-state index is 13.4. The monoisotopic (exact) mass is 351 g/mol. The molecule has 1 fully saturated rings. The molecule has 5 heteroatoms. The van der Waals surface area contributed by atoms with Crippen molar-refractivity contribution >= 4 is 39.3 Å². The van der Waals surface area contributed by atoms with Gasteiger partial charge in [0, 0.05) is 10.2 Å². The predicted octanol–water partition coefficient (Wildman–Crippen LogP) is 4.37. The van der Waals surface area contributed by atoms with Crippen molar-refractivity contribution in [3.63, 3.8) is 0 Å². The molecule has 2 aromatic rings. The van der Waals surface area contributed by atoms with Gasteiger partial charge in [-0.15, -0.1) is 11.8 Å². The standard InChI is InChI=1S/C15H11BrFNOS/c16-11-6-4-10(5-7-11)15-18(14(19)9-20-15)13-3-1-2-12(17)8-13/h1-8,15H,9H2. The number of carbonyl (C=O) groups excluding carboxylic acids is 1. The Hall–Kier alpha value is -1.33. The van der Waals surface area contributed by atoms with Crippen LogP contribution in [0.25, 0.3) is 0 Å². The molecule has 20 heavy (non-hydrogen) atoms. The first-order valence-corrected chi connectivity index (χ1v) is 7.94. The average molecular weight is 352 g/mol. The second-order valence-corrected chi connectivity index (χ2v) is 6.44. The van der Waals surface area contributed by atoms with Crippen LogP contribution in [0.5, 0.6) is 0 Å². The fourth-order valence-electron chi connectivity index (χ4n) is 2.20. The lowest BCUT2D eigenvalue weighted by molar-refractivity contribution is -0.115. The van der Waals surface area contributed by atoms with Gasteiger partial charge in [0.25, 0.3) is 0 Å². The largest absolute Gasteiger partial charge is 0.295 e. The number of nitrogens with zero attached hydrogens (tertiary/aromatic N) is 1. The Bertz CT molecular complexity index is 647. The number of rotatable bonds is 2. The minimum absolute atomic E-state index is 0.00789. The summed E-state index contributed by atoms with van der Waals surface area (Å²) < 4.78 is 14.4. The van der Waals surface area contributed by atoms with Gasteiger partial charge in [0.2, 0.25) is 5.91 Å². The summed E-state index contributed by atoms with van der Waals surface area (Å²) in [6, 6.07) is 14.0. The van der Waals surface area contributed by atoms with Crippen molar-refractivity contribution in [1.82, 2.24) is 0 Å². The summed E-state index contributed by atoms with van der Waals surface area (Å²) >= 11 is 4.96. The SMILES string of the molecule is O=C1CSC(c2ccc(Br)cc2)N1c1cccc(F)c1. The summed E-state index contributed by atoms with van der Waals surface area (Å²) in [6.07, 6.45) is 0. The number of amides is 1. The van der Waals surface area contributed by atoms with Crippen molar-refractivity contribution < 1.29 is 9.18 Å². The van der Waals surface area contributed by atoms with E-state index in [-0.39, 0.29) is 17.1 Å². The van der Waals surface area contributed by atoms with Gasteiger partial charge in [0.05, 0.1) is 5.75 Å². The molecule has 1 aliphatic rings. The highest BCUT2D eigenvalue weighted by atomic mass is 79.9. The second kappa shape index (κ2) is 5.58. The van der Waals surface area contributed by atoms with Crippen LogP contribution < -0.4 is 4.90 Å². The molecule has 1 saturated heterocycles. The van der Waals surface area contributed by atoms with Crippen LogP contribution in [0, 0.1) is 5.82 Å². The van der Waals surface area contributed by atoms with E-state index in [2.05, 4.69) is 15.9 Å². The lowest BCUT2D eigenvalue weighted by Crippen LogP contribution is -2.27. The summed E-state index contributed by atoms with van der Waals surface area (Å²) in [4.78, 5) is 13.8. The molecule has 0 radical (unpaired) electrons. The first kappa shape index (κ1) is 13.6. The van der Waals surface area contributed by atoms with Crippen LogP contribution in [0.2, 0.25) is 0 Å². The molecule has 0 saturated carbocycles. The molecule has 1 unspecified atom stereocenters. The molecule has 1 atom stereocenters. The Labute approximate surface area is 129 Å². The van der Waals surface area contributed by atoms with Crippen LogP contribution in [0.15, 0.2) is 53.0 Å². The van der Waals surface area contributed by atoms with Gasteiger partial charge in [-0.2, -0.15) is 0 Å². The van der Waals surface area contributed by atoms with E-state index in [0.29, 0.717) is 11.4 Å². The highest BCUT2D eigenvalue weighted by Crippen LogP contribution is 2.41. The summed E-state index contributed by atoms with van der Waals surface area (Å²) in [7, 11) is 0. The van der Waals surface area contributed by atoms with Crippen LogP contribution in [0.4, 0.5) is 10.1 Å². The van der Waals surface area contributed by atoms with Gasteiger partial charge >= 0.3 is 0 Å². The van der Waals surface area contributed by atoms with E-state index in [4.69, 9.17) is 0 Å². The molecule has 3 rings (SSSR count). The maximum atomic E-state index is 13.4. The molecule has 0 spiro atoms. The zero-order chi connectivity index (χ0) is 14.1. The predicted molar refractivity (Wildman–Crippen MR) is 83.2 cm³/mol. The number of thioether (sulfide) groups is 1. The first-order chi connectivity index (χ1) is 9.65. The summed E-state index contributed by atoms with van der Waals surface area (Å²) in [6.45, 7) is 0. The molecule has 2 nitrogen and oxygen atoms in total. The van der Waals surface area contributed by atoms with E-state index in [9.17, 15) is 9.18 Å². The van der Waals surface area contributed by atoms with Crippen molar-refractivity contribution in [2.24, 2.45) is 0 Å². The van der Waals surface area contributed by atoms with Crippen molar-refractivity contribution in [3.8, 4) is 0 Å². The van der Waals surface area contributed by atoms with Crippen LogP contribution in [-0.4, -0.2) is 11.7 Å². The Morgan fingerprint density at radius 2 is 1.95 bits per heavy atom. The Morgan fingerprint density at radius 1 is 1.20 bits per heavy atom. The molecule has 0 aliphatic carbocycles. The van der Waals surface area contributed by atoms with E-state index < -0.39 is 0 Å². The minimum Gasteiger partial charge on any atom is -0.295 e. The Kier molecular flexibility index (Phi) is 3.81. The van der Waals surface area contributed by atoms with Crippen molar-refractivity contribution in [2.75, 3.05) is 10.7 Å². The Morgan fingerprint density at radius 3 is 2.65 bits per heavy atom. The number of anilines is 1. The molecule has 1 amide bonds. The molecule has 0 N–H and O–H groups in total. The molecule has 2 aromatic carbocycles. The van der Waals surface area contributed by atoms with Crippen LogP contribution in [0.3, 0.4) is 0 Å². The van der Waals surface area contributed by atoms with Gasteiger partial charge in [0.15, 0.2) is 0 Å². The van der Waals surface area contributed by atoms with Gasteiger partial charge in [-0.3, -0.25) is 9.69 Å². The average Bonchev–Trinajstić information content (AvgIpc) is 2.81. The lowest BCUT2D eigenvalue weighted by Gasteiger charge is -2.24. The van der Waals surface area contributed by atoms with Crippen LogP contribution in [-0.2, 0) is 4.79 Å². The van der Waals surface area contributed by atoms with Gasteiger partial charge in [-0.25, -0.2) is 4.39 Å². The van der Waals surface area contributed by atoms with Gasteiger partial charge in [0.1, 0.15) is 11.2 Å². The highest BCUT2D eigenvalue weighted by molar-refractivity contribution is 9.10. The first-order valence-electron chi connectivity index (χ1n) is 6.10. The number of hydrogen-bond donors (Lipinski definition) is 0. The molecule has 1 aliphatic heterocycles. The topological polar surface area (TPSA) is 20.3 Å². The molecular weight excluding hydrogens is 341 g/mol. The zero-order valence-electron chi connectivity index (χ0n) is 10.4. The van der Waals surface area contributed by atoms with Crippen molar-refractivity contribution in [1.29, 1.82) is 0 Å².